The second-order valence-corrected chi connectivity index (χ2v) is 7.44. The van der Waals surface area contributed by atoms with E-state index in [1.807, 2.05) is 42.5 Å². The van der Waals surface area contributed by atoms with Crippen molar-refractivity contribution in [1.29, 1.82) is 0 Å². The largest absolute Gasteiger partial charge is 0.493 e. The topological polar surface area (TPSA) is 60.9 Å². The molecule has 148 valence electrons. The summed E-state index contributed by atoms with van der Waals surface area (Å²) in [6.45, 7) is 0.978. The molecule has 0 aliphatic carbocycles. The van der Waals surface area contributed by atoms with Crippen molar-refractivity contribution in [3.8, 4) is 11.5 Å². The Morgan fingerprint density at radius 1 is 1.11 bits per heavy atom. The number of hydrogen-bond donors (Lipinski definition) is 0. The zero-order valence-corrected chi connectivity index (χ0v) is 17.1. The normalized spacial score (nSPS) is 10.8. The minimum absolute atomic E-state index is 0.0400. The lowest BCUT2D eigenvalue weighted by Gasteiger charge is -2.17. The van der Waals surface area contributed by atoms with Crippen LogP contribution in [0.25, 0.3) is 10.2 Å². The molecule has 3 aromatic rings. The number of hydrogen-bond acceptors (Lipinski definition) is 6. The first kappa shape index (κ1) is 20.1. The molecule has 1 aromatic heterocycles. The van der Waals surface area contributed by atoms with E-state index in [2.05, 4.69) is 4.98 Å². The van der Waals surface area contributed by atoms with E-state index in [1.165, 1.54) is 0 Å². The average Bonchev–Trinajstić information content (AvgIpc) is 3.14. The Bertz CT molecular complexity index is 908. The van der Waals surface area contributed by atoms with Crippen LogP contribution in [0.4, 0.5) is 0 Å². The molecule has 0 unspecified atom stereocenters. The standard InChI is InChI=1S/C21H24N2O4S/c1-23(11-10-15-8-9-17(25-2)18(12-15)26-3)21(24)14-27-13-20-22-16-6-4-5-7-19(16)28-20/h4-9,12H,10-11,13-14H2,1-3H3. The zero-order chi connectivity index (χ0) is 19.9. The maximum Gasteiger partial charge on any atom is 0.248 e. The molecule has 0 N–H and O–H groups in total. The number of thiazole rings is 1. The van der Waals surface area contributed by atoms with Gasteiger partial charge in [-0.25, -0.2) is 4.98 Å². The Kier molecular flexibility index (Phi) is 6.84. The van der Waals surface area contributed by atoms with E-state index in [9.17, 15) is 4.79 Å². The Hall–Kier alpha value is -2.64. The second-order valence-electron chi connectivity index (χ2n) is 6.32. The van der Waals surface area contributed by atoms with Crippen LogP contribution in [0.1, 0.15) is 10.6 Å². The van der Waals surface area contributed by atoms with Gasteiger partial charge in [-0.3, -0.25) is 4.79 Å². The number of carbonyl (C=O) groups excluding carboxylic acids is 1. The predicted molar refractivity (Wildman–Crippen MR) is 110 cm³/mol. The molecule has 7 heteroatoms. The van der Waals surface area contributed by atoms with E-state index in [-0.39, 0.29) is 12.5 Å². The monoisotopic (exact) mass is 400 g/mol. The van der Waals surface area contributed by atoms with Crippen molar-refractivity contribution >= 4 is 27.5 Å². The highest BCUT2D eigenvalue weighted by molar-refractivity contribution is 7.18. The number of fused-ring (bicyclic) bond motifs is 1. The van der Waals surface area contributed by atoms with Gasteiger partial charge in [-0.05, 0) is 36.2 Å². The SMILES string of the molecule is COc1ccc(CCN(C)C(=O)COCc2nc3ccccc3s2)cc1OC. The molecule has 0 aliphatic heterocycles. The van der Waals surface area contributed by atoms with E-state index < -0.39 is 0 Å². The van der Waals surface area contributed by atoms with Crippen LogP contribution in [0.3, 0.4) is 0 Å². The van der Waals surface area contributed by atoms with Crippen molar-refractivity contribution < 1.29 is 19.0 Å². The number of aromatic nitrogens is 1. The lowest BCUT2D eigenvalue weighted by Crippen LogP contribution is -2.32. The van der Waals surface area contributed by atoms with Gasteiger partial charge in [0.15, 0.2) is 11.5 Å². The molecule has 0 aliphatic rings. The van der Waals surface area contributed by atoms with E-state index in [0.717, 1.165) is 27.2 Å². The number of benzene rings is 2. The molecule has 1 amide bonds. The molecule has 0 saturated carbocycles. The van der Waals surface area contributed by atoms with Crippen molar-refractivity contribution in [3.63, 3.8) is 0 Å². The summed E-state index contributed by atoms with van der Waals surface area (Å²) in [5.74, 6) is 1.33. The van der Waals surface area contributed by atoms with E-state index in [1.54, 1.807) is 37.5 Å². The van der Waals surface area contributed by atoms with Crippen LogP contribution < -0.4 is 9.47 Å². The fourth-order valence-electron chi connectivity index (χ4n) is 2.78. The Labute approximate surface area is 168 Å². The first-order valence-electron chi connectivity index (χ1n) is 8.97. The van der Waals surface area contributed by atoms with Crippen LogP contribution >= 0.6 is 11.3 Å². The summed E-state index contributed by atoms with van der Waals surface area (Å²) < 4.78 is 17.3. The molecule has 6 nitrogen and oxygen atoms in total. The van der Waals surface area contributed by atoms with Gasteiger partial charge in [0, 0.05) is 13.6 Å². The molecule has 0 atom stereocenters. The van der Waals surface area contributed by atoms with Gasteiger partial charge in [-0.15, -0.1) is 11.3 Å². The van der Waals surface area contributed by atoms with E-state index in [0.29, 0.717) is 24.7 Å². The third kappa shape index (κ3) is 4.99. The lowest BCUT2D eigenvalue weighted by atomic mass is 10.1. The maximum atomic E-state index is 12.3. The van der Waals surface area contributed by atoms with Crippen molar-refractivity contribution in [2.45, 2.75) is 13.0 Å². The van der Waals surface area contributed by atoms with Gasteiger partial charge in [0.2, 0.25) is 5.91 Å². The van der Waals surface area contributed by atoms with Gasteiger partial charge in [0.05, 0.1) is 31.0 Å². The Morgan fingerprint density at radius 2 is 1.89 bits per heavy atom. The predicted octanol–water partition coefficient (Wildman–Crippen LogP) is 3.53. The third-order valence-electron chi connectivity index (χ3n) is 4.40. The van der Waals surface area contributed by atoms with Crippen LogP contribution in [-0.2, 0) is 22.6 Å². The first-order valence-corrected chi connectivity index (χ1v) is 9.79. The molecule has 3 rings (SSSR count). The molecule has 2 aromatic carbocycles. The summed E-state index contributed by atoms with van der Waals surface area (Å²) in [6.07, 6.45) is 0.723. The van der Waals surface area contributed by atoms with Crippen LogP contribution in [0, 0.1) is 0 Å². The fraction of sp³-hybridized carbons (Fsp3) is 0.333. The summed E-state index contributed by atoms with van der Waals surface area (Å²) in [5.41, 5.74) is 2.04. The van der Waals surface area contributed by atoms with Crippen LogP contribution in [0.2, 0.25) is 0 Å². The Balaban J connectivity index is 1.45. The number of methoxy groups -OCH3 is 2. The number of carbonyl (C=O) groups is 1. The molecular weight excluding hydrogens is 376 g/mol. The maximum absolute atomic E-state index is 12.3. The molecular formula is C21H24N2O4S. The van der Waals surface area contributed by atoms with Gasteiger partial charge >= 0.3 is 0 Å². The quantitative estimate of drug-likeness (QED) is 0.550. The number of ether oxygens (including phenoxy) is 3. The Morgan fingerprint density at radius 3 is 2.64 bits per heavy atom. The summed E-state index contributed by atoms with van der Waals surface area (Å²) >= 11 is 1.59. The smallest absolute Gasteiger partial charge is 0.248 e. The van der Waals surface area contributed by atoms with Gasteiger partial charge in [0.25, 0.3) is 0 Å². The van der Waals surface area contributed by atoms with Gasteiger partial charge in [-0.1, -0.05) is 18.2 Å². The molecule has 0 spiro atoms. The zero-order valence-electron chi connectivity index (χ0n) is 16.3. The lowest BCUT2D eigenvalue weighted by molar-refractivity contribution is -0.135. The minimum Gasteiger partial charge on any atom is -0.493 e. The fourth-order valence-corrected chi connectivity index (χ4v) is 3.68. The highest BCUT2D eigenvalue weighted by atomic mass is 32.1. The highest BCUT2D eigenvalue weighted by Crippen LogP contribution is 2.27. The molecule has 0 radical (unpaired) electrons. The molecule has 0 bridgehead atoms. The van der Waals surface area contributed by atoms with Gasteiger partial charge < -0.3 is 19.1 Å². The average molecular weight is 401 g/mol. The van der Waals surface area contributed by atoms with Crippen LogP contribution in [-0.4, -0.2) is 50.2 Å². The molecule has 1 heterocycles. The number of likely N-dealkylation sites (N-methyl/N-ethyl adjacent to an activating group) is 1. The summed E-state index contributed by atoms with van der Waals surface area (Å²) in [4.78, 5) is 18.5. The number of nitrogens with zero attached hydrogens (tertiary/aromatic N) is 2. The van der Waals surface area contributed by atoms with E-state index >= 15 is 0 Å². The van der Waals surface area contributed by atoms with E-state index in [4.69, 9.17) is 14.2 Å². The number of rotatable bonds is 9. The van der Waals surface area contributed by atoms with Crippen molar-refractivity contribution in [2.75, 3.05) is 34.4 Å². The molecule has 28 heavy (non-hydrogen) atoms. The minimum atomic E-state index is -0.0541. The highest BCUT2D eigenvalue weighted by Gasteiger charge is 2.11. The van der Waals surface area contributed by atoms with Crippen LogP contribution in [0.5, 0.6) is 11.5 Å². The summed E-state index contributed by atoms with van der Waals surface area (Å²) in [5, 5.41) is 0.877. The molecule has 0 fully saturated rings. The summed E-state index contributed by atoms with van der Waals surface area (Å²) in [7, 11) is 5.00. The van der Waals surface area contributed by atoms with Gasteiger partial charge in [0.1, 0.15) is 11.6 Å². The van der Waals surface area contributed by atoms with Crippen molar-refractivity contribution in [2.24, 2.45) is 0 Å². The third-order valence-corrected chi connectivity index (χ3v) is 5.41. The number of amides is 1. The van der Waals surface area contributed by atoms with Gasteiger partial charge in [-0.2, -0.15) is 0 Å². The second kappa shape index (κ2) is 9.52. The summed E-state index contributed by atoms with van der Waals surface area (Å²) in [6, 6.07) is 13.7. The van der Waals surface area contributed by atoms with Crippen molar-refractivity contribution in [3.05, 3.63) is 53.0 Å². The first-order chi connectivity index (χ1) is 13.6. The number of para-hydroxylation sites is 1. The van der Waals surface area contributed by atoms with Crippen molar-refractivity contribution in [1.82, 2.24) is 9.88 Å². The molecule has 0 saturated heterocycles. The van der Waals surface area contributed by atoms with Crippen LogP contribution in [0.15, 0.2) is 42.5 Å².